The van der Waals surface area contributed by atoms with Crippen LogP contribution in [-0.4, -0.2) is 38.9 Å². The fraction of sp³-hybridized carbons (Fsp3) is 0.900. The molecule has 0 spiro atoms. The molecule has 0 radical (unpaired) electrons. The van der Waals surface area contributed by atoms with Gasteiger partial charge in [-0.2, -0.15) is 0 Å². The molecule has 6 heteroatoms. The maximum Gasteiger partial charge on any atom is 0.236 e. The van der Waals surface area contributed by atoms with Crippen molar-refractivity contribution < 1.29 is 13.2 Å². The minimum atomic E-state index is -3.05. The van der Waals surface area contributed by atoms with Crippen LogP contribution in [0.1, 0.15) is 26.7 Å². The van der Waals surface area contributed by atoms with Crippen LogP contribution in [0, 0.1) is 5.92 Å². The molecule has 0 saturated carbocycles. The lowest BCUT2D eigenvalue weighted by atomic mass is 10.1. The smallest absolute Gasteiger partial charge is 0.236 e. The second-order valence-corrected chi connectivity index (χ2v) is 6.54. The molecule has 2 atom stereocenters. The molecule has 0 aliphatic heterocycles. The van der Waals surface area contributed by atoms with Gasteiger partial charge in [0.1, 0.15) is 9.84 Å². The number of rotatable bonds is 7. The average molecular weight is 250 g/mol. The first kappa shape index (κ1) is 15.4. The molecule has 0 aliphatic rings. The molecule has 0 aromatic rings. The van der Waals surface area contributed by atoms with Crippen molar-refractivity contribution in [2.45, 2.75) is 32.7 Å². The number of sulfone groups is 1. The van der Waals surface area contributed by atoms with Crippen LogP contribution in [0.3, 0.4) is 0 Å². The van der Waals surface area contributed by atoms with Gasteiger partial charge in [0.05, 0.1) is 11.8 Å². The van der Waals surface area contributed by atoms with Crippen LogP contribution in [0.5, 0.6) is 0 Å². The predicted molar refractivity (Wildman–Crippen MR) is 64.8 cm³/mol. The van der Waals surface area contributed by atoms with Crippen LogP contribution >= 0.6 is 0 Å². The van der Waals surface area contributed by atoms with Crippen molar-refractivity contribution >= 4 is 15.7 Å². The second kappa shape index (κ2) is 6.85. The third-order valence-electron chi connectivity index (χ3n) is 2.46. The van der Waals surface area contributed by atoms with Gasteiger partial charge in [0, 0.05) is 12.8 Å². The van der Waals surface area contributed by atoms with Gasteiger partial charge in [0.2, 0.25) is 5.91 Å². The Kier molecular flexibility index (Phi) is 6.59. The van der Waals surface area contributed by atoms with E-state index >= 15 is 0 Å². The highest BCUT2D eigenvalue weighted by molar-refractivity contribution is 7.90. The molecule has 0 fully saturated rings. The molecule has 0 bridgehead atoms. The van der Waals surface area contributed by atoms with E-state index < -0.39 is 15.9 Å². The standard InChI is InChI=1S/C10H22N2O3S/c1-4-8(2)7-12-10(13)9(11)5-6-16(3,14)15/h8-9H,4-7,11H2,1-3H3,(H,12,13). The quantitative estimate of drug-likeness (QED) is 0.661. The Morgan fingerprint density at radius 2 is 2.00 bits per heavy atom. The van der Waals surface area contributed by atoms with Crippen molar-refractivity contribution in [3.8, 4) is 0 Å². The average Bonchev–Trinajstić information content (AvgIpc) is 2.20. The molecule has 96 valence electrons. The Balaban J connectivity index is 3.91. The van der Waals surface area contributed by atoms with E-state index in [4.69, 9.17) is 5.73 Å². The number of carbonyl (C=O) groups excluding carboxylic acids is 1. The van der Waals surface area contributed by atoms with E-state index in [-0.39, 0.29) is 18.1 Å². The summed E-state index contributed by atoms with van der Waals surface area (Å²) in [5.41, 5.74) is 5.58. The molecule has 0 aromatic heterocycles. The third kappa shape index (κ3) is 7.64. The zero-order chi connectivity index (χ0) is 12.8. The highest BCUT2D eigenvalue weighted by atomic mass is 32.2. The Bertz CT molecular complexity index is 314. The van der Waals surface area contributed by atoms with E-state index in [9.17, 15) is 13.2 Å². The molecule has 0 rings (SSSR count). The van der Waals surface area contributed by atoms with Crippen molar-refractivity contribution in [3.63, 3.8) is 0 Å². The monoisotopic (exact) mass is 250 g/mol. The first-order valence-electron chi connectivity index (χ1n) is 5.47. The predicted octanol–water partition coefficient (Wildman–Crippen LogP) is -0.0893. The van der Waals surface area contributed by atoms with Crippen LogP contribution in [0.15, 0.2) is 0 Å². The number of amides is 1. The fourth-order valence-electron chi connectivity index (χ4n) is 1.02. The molecule has 16 heavy (non-hydrogen) atoms. The van der Waals surface area contributed by atoms with Crippen LogP contribution in [-0.2, 0) is 14.6 Å². The maximum atomic E-state index is 11.4. The summed E-state index contributed by atoms with van der Waals surface area (Å²) in [7, 11) is -3.05. The SMILES string of the molecule is CCC(C)CNC(=O)C(N)CCS(C)(=O)=O. The van der Waals surface area contributed by atoms with Gasteiger partial charge in [-0.1, -0.05) is 20.3 Å². The summed E-state index contributed by atoms with van der Waals surface area (Å²) < 4.78 is 21.8. The summed E-state index contributed by atoms with van der Waals surface area (Å²) in [6.45, 7) is 4.66. The van der Waals surface area contributed by atoms with Gasteiger partial charge >= 0.3 is 0 Å². The molecular formula is C10H22N2O3S. The summed E-state index contributed by atoms with van der Waals surface area (Å²) in [4.78, 5) is 11.4. The number of carbonyl (C=O) groups is 1. The first-order chi connectivity index (χ1) is 7.26. The van der Waals surface area contributed by atoms with Gasteiger partial charge in [-0.05, 0) is 12.3 Å². The minimum Gasteiger partial charge on any atom is -0.354 e. The molecule has 0 heterocycles. The Morgan fingerprint density at radius 3 is 2.44 bits per heavy atom. The van der Waals surface area contributed by atoms with E-state index in [1.807, 2.05) is 13.8 Å². The first-order valence-corrected chi connectivity index (χ1v) is 7.53. The highest BCUT2D eigenvalue weighted by Crippen LogP contribution is 1.98. The van der Waals surface area contributed by atoms with E-state index in [1.165, 1.54) is 0 Å². The lowest BCUT2D eigenvalue weighted by molar-refractivity contribution is -0.122. The molecule has 3 N–H and O–H groups in total. The zero-order valence-electron chi connectivity index (χ0n) is 10.2. The molecule has 5 nitrogen and oxygen atoms in total. The van der Waals surface area contributed by atoms with Crippen molar-refractivity contribution in [1.82, 2.24) is 5.32 Å². The molecule has 2 unspecified atom stereocenters. The van der Waals surface area contributed by atoms with E-state index in [1.54, 1.807) is 0 Å². The number of hydrogen-bond donors (Lipinski definition) is 2. The van der Waals surface area contributed by atoms with Crippen LogP contribution in [0.2, 0.25) is 0 Å². The van der Waals surface area contributed by atoms with Gasteiger partial charge in [-0.25, -0.2) is 8.42 Å². The Hall–Kier alpha value is -0.620. The van der Waals surface area contributed by atoms with Gasteiger partial charge < -0.3 is 11.1 Å². The molecule has 0 aromatic carbocycles. The van der Waals surface area contributed by atoms with Gasteiger partial charge in [0.15, 0.2) is 0 Å². The Labute approximate surface area is 97.7 Å². The van der Waals surface area contributed by atoms with Crippen molar-refractivity contribution in [2.75, 3.05) is 18.6 Å². The van der Waals surface area contributed by atoms with Crippen LogP contribution in [0.4, 0.5) is 0 Å². The summed E-state index contributed by atoms with van der Waals surface area (Å²) in [6.07, 6.45) is 2.29. The third-order valence-corrected chi connectivity index (χ3v) is 3.44. The molecular weight excluding hydrogens is 228 g/mol. The number of nitrogens with two attached hydrogens (primary N) is 1. The van der Waals surface area contributed by atoms with Crippen LogP contribution < -0.4 is 11.1 Å². The lowest BCUT2D eigenvalue weighted by Gasteiger charge is -2.14. The number of nitrogens with one attached hydrogen (secondary N) is 1. The van der Waals surface area contributed by atoms with E-state index in [0.717, 1.165) is 12.7 Å². The van der Waals surface area contributed by atoms with Crippen LogP contribution in [0.25, 0.3) is 0 Å². The fourth-order valence-corrected chi connectivity index (χ4v) is 1.70. The molecule has 0 aliphatic carbocycles. The number of hydrogen-bond acceptors (Lipinski definition) is 4. The molecule has 0 saturated heterocycles. The molecule has 1 amide bonds. The van der Waals surface area contributed by atoms with Gasteiger partial charge in [-0.15, -0.1) is 0 Å². The largest absolute Gasteiger partial charge is 0.354 e. The van der Waals surface area contributed by atoms with Gasteiger partial charge in [0.25, 0.3) is 0 Å². The minimum absolute atomic E-state index is 0.0507. The topological polar surface area (TPSA) is 89.3 Å². The van der Waals surface area contributed by atoms with E-state index in [2.05, 4.69) is 5.32 Å². The summed E-state index contributed by atoms with van der Waals surface area (Å²) >= 11 is 0. The summed E-state index contributed by atoms with van der Waals surface area (Å²) in [6, 6.07) is -0.737. The summed E-state index contributed by atoms with van der Waals surface area (Å²) in [5.74, 6) is 0.0836. The normalized spacial score (nSPS) is 15.5. The zero-order valence-corrected chi connectivity index (χ0v) is 11.0. The van der Waals surface area contributed by atoms with Crippen molar-refractivity contribution in [3.05, 3.63) is 0 Å². The van der Waals surface area contributed by atoms with E-state index in [0.29, 0.717) is 12.5 Å². The Morgan fingerprint density at radius 1 is 1.44 bits per heavy atom. The van der Waals surface area contributed by atoms with Crippen molar-refractivity contribution in [1.29, 1.82) is 0 Å². The summed E-state index contributed by atoms with van der Waals surface area (Å²) in [5, 5.41) is 2.71. The highest BCUT2D eigenvalue weighted by Gasteiger charge is 2.15. The van der Waals surface area contributed by atoms with Crippen molar-refractivity contribution in [2.24, 2.45) is 11.7 Å². The maximum absolute atomic E-state index is 11.4. The second-order valence-electron chi connectivity index (χ2n) is 4.28. The lowest BCUT2D eigenvalue weighted by Crippen LogP contribution is -2.43. The van der Waals surface area contributed by atoms with Gasteiger partial charge in [-0.3, -0.25) is 4.79 Å².